The molecule has 0 heterocycles. The lowest BCUT2D eigenvalue weighted by Gasteiger charge is -2.15. The van der Waals surface area contributed by atoms with E-state index in [1.165, 1.54) is 0 Å². The van der Waals surface area contributed by atoms with Crippen LogP contribution in [0, 0.1) is 6.92 Å². The Morgan fingerprint density at radius 1 is 0.818 bits per heavy atom. The highest BCUT2D eigenvalue weighted by molar-refractivity contribution is 6.03. The summed E-state index contributed by atoms with van der Waals surface area (Å²) in [5.74, 6) is 0.343. The Labute approximate surface area is 130 Å². The van der Waals surface area contributed by atoms with E-state index in [-0.39, 0.29) is 11.5 Å². The van der Waals surface area contributed by atoms with Crippen molar-refractivity contribution >= 4 is 16.8 Å². The first-order valence-corrected chi connectivity index (χ1v) is 7.30. The van der Waals surface area contributed by atoms with Crippen LogP contribution in [-0.2, 0) is 0 Å². The fraction of sp³-hybridized carbons (Fsp3) is 0.100. The molecular weight excluding hydrogens is 272 g/mol. The molecule has 0 aromatic heterocycles. The summed E-state index contributed by atoms with van der Waals surface area (Å²) in [6.07, 6.45) is 3.90. The molecule has 0 atom stereocenters. The number of hydrogen-bond acceptors (Lipinski definition) is 2. The summed E-state index contributed by atoms with van der Waals surface area (Å²) in [4.78, 5) is 0. The summed E-state index contributed by atoms with van der Waals surface area (Å²) >= 11 is 0. The second kappa shape index (κ2) is 5.57. The highest BCUT2D eigenvalue weighted by Crippen LogP contribution is 2.43. The van der Waals surface area contributed by atoms with Gasteiger partial charge in [0.25, 0.3) is 0 Å². The maximum absolute atomic E-state index is 10.4. The molecule has 0 saturated heterocycles. The highest BCUT2D eigenvalue weighted by Gasteiger charge is 2.17. The third-order valence-electron chi connectivity index (χ3n) is 3.93. The van der Waals surface area contributed by atoms with Crippen LogP contribution >= 0.6 is 0 Å². The van der Waals surface area contributed by atoms with Gasteiger partial charge in [0.15, 0.2) is 0 Å². The van der Waals surface area contributed by atoms with E-state index in [1.807, 2.05) is 62.4 Å². The van der Waals surface area contributed by atoms with E-state index in [0.29, 0.717) is 11.1 Å². The smallest absolute Gasteiger partial charge is 0.124 e. The summed E-state index contributed by atoms with van der Waals surface area (Å²) in [5.41, 5.74) is 3.33. The van der Waals surface area contributed by atoms with Gasteiger partial charge in [0.1, 0.15) is 11.5 Å². The largest absolute Gasteiger partial charge is 0.507 e. The summed E-state index contributed by atoms with van der Waals surface area (Å²) < 4.78 is 0. The van der Waals surface area contributed by atoms with E-state index in [2.05, 4.69) is 0 Å². The van der Waals surface area contributed by atoms with E-state index in [9.17, 15) is 10.2 Å². The molecule has 0 spiro atoms. The van der Waals surface area contributed by atoms with Gasteiger partial charge in [-0.05, 0) is 47.9 Å². The lowest BCUT2D eigenvalue weighted by atomic mass is 9.90. The van der Waals surface area contributed by atoms with E-state index >= 15 is 0 Å². The Balaban J connectivity index is 2.47. The number of phenols is 2. The molecular formula is C20H18O2. The number of aryl methyl sites for hydroxylation is 1. The number of phenolic OH excluding ortho intramolecular Hbond substituents is 2. The molecule has 2 heteroatoms. The number of benzene rings is 3. The topological polar surface area (TPSA) is 40.5 Å². The van der Waals surface area contributed by atoms with Gasteiger partial charge in [0, 0.05) is 11.1 Å². The summed E-state index contributed by atoms with van der Waals surface area (Å²) in [5, 5.41) is 22.8. The van der Waals surface area contributed by atoms with Crippen LogP contribution in [0.1, 0.15) is 18.1 Å². The second-order valence-electron chi connectivity index (χ2n) is 5.37. The average Bonchev–Trinajstić information content (AvgIpc) is 2.52. The van der Waals surface area contributed by atoms with Crippen LogP contribution in [-0.4, -0.2) is 10.2 Å². The highest BCUT2D eigenvalue weighted by atomic mass is 16.3. The summed E-state index contributed by atoms with van der Waals surface area (Å²) in [6, 6.07) is 15.0. The van der Waals surface area contributed by atoms with Gasteiger partial charge in [-0.25, -0.2) is 0 Å². The molecule has 3 rings (SSSR count). The summed E-state index contributed by atoms with van der Waals surface area (Å²) in [6.45, 7) is 3.94. The van der Waals surface area contributed by atoms with Gasteiger partial charge in [0.2, 0.25) is 0 Å². The van der Waals surface area contributed by atoms with Crippen LogP contribution in [0.4, 0.5) is 0 Å². The monoisotopic (exact) mass is 290 g/mol. The summed E-state index contributed by atoms with van der Waals surface area (Å²) in [7, 11) is 0. The lowest BCUT2D eigenvalue weighted by molar-refractivity contribution is 0.469. The first-order valence-electron chi connectivity index (χ1n) is 7.30. The van der Waals surface area contributed by atoms with Crippen LogP contribution in [0.15, 0.2) is 54.6 Å². The molecule has 22 heavy (non-hydrogen) atoms. The van der Waals surface area contributed by atoms with Crippen LogP contribution in [0.2, 0.25) is 0 Å². The predicted octanol–water partition coefficient (Wildman–Crippen LogP) is 5.26. The van der Waals surface area contributed by atoms with Gasteiger partial charge < -0.3 is 10.2 Å². The third-order valence-corrected chi connectivity index (χ3v) is 3.93. The van der Waals surface area contributed by atoms with Crippen molar-refractivity contribution < 1.29 is 10.2 Å². The molecule has 0 fully saturated rings. The third kappa shape index (κ3) is 2.23. The lowest BCUT2D eigenvalue weighted by Crippen LogP contribution is -1.91. The minimum absolute atomic E-state index is 0.172. The van der Waals surface area contributed by atoms with Gasteiger partial charge in [0.05, 0.1) is 0 Å². The predicted molar refractivity (Wildman–Crippen MR) is 92.2 cm³/mol. The van der Waals surface area contributed by atoms with Crippen molar-refractivity contribution in [2.45, 2.75) is 13.8 Å². The molecule has 0 unspecified atom stereocenters. The molecule has 0 aliphatic heterocycles. The zero-order chi connectivity index (χ0) is 15.7. The molecule has 3 aromatic carbocycles. The van der Waals surface area contributed by atoms with Crippen LogP contribution in [0.3, 0.4) is 0 Å². The Morgan fingerprint density at radius 2 is 1.50 bits per heavy atom. The van der Waals surface area contributed by atoms with Crippen molar-refractivity contribution in [3.05, 3.63) is 65.7 Å². The quantitative estimate of drug-likeness (QED) is 0.676. The van der Waals surface area contributed by atoms with Gasteiger partial charge in [-0.15, -0.1) is 0 Å². The normalized spacial score (nSPS) is 11.4. The first-order chi connectivity index (χ1) is 10.6. The number of rotatable bonds is 2. The van der Waals surface area contributed by atoms with Gasteiger partial charge in [-0.3, -0.25) is 0 Å². The average molecular weight is 290 g/mol. The number of hydrogen-bond donors (Lipinski definition) is 2. The van der Waals surface area contributed by atoms with E-state index in [0.717, 1.165) is 21.9 Å². The zero-order valence-electron chi connectivity index (χ0n) is 12.7. The minimum atomic E-state index is 0.172. The van der Waals surface area contributed by atoms with Crippen molar-refractivity contribution in [3.8, 4) is 22.6 Å². The van der Waals surface area contributed by atoms with E-state index < -0.39 is 0 Å². The fourth-order valence-corrected chi connectivity index (χ4v) is 2.88. The maximum atomic E-state index is 10.4. The molecule has 0 aliphatic rings. The van der Waals surface area contributed by atoms with Crippen LogP contribution < -0.4 is 0 Å². The Bertz CT molecular complexity index is 876. The van der Waals surface area contributed by atoms with Gasteiger partial charge in [-0.2, -0.15) is 0 Å². The van der Waals surface area contributed by atoms with E-state index in [1.54, 1.807) is 12.1 Å². The molecule has 110 valence electrons. The molecule has 0 saturated carbocycles. The first kappa shape index (κ1) is 14.2. The number of allylic oxidation sites excluding steroid dienone is 1. The zero-order valence-corrected chi connectivity index (χ0v) is 12.7. The second-order valence-corrected chi connectivity index (χ2v) is 5.37. The van der Waals surface area contributed by atoms with Gasteiger partial charge in [-0.1, -0.05) is 48.6 Å². The minimum Gasteiger partial charge on any atom is -0.507 e. The standard InChI is InChI=1S/C20H18O2/c1-3-6-15-13(2)9-11-17(21)19(15)20-16-8-5-4-7-14(16)10-12-18(20)22/h3-12,21-22H,1-2H3/b6-3-. The van der Waals surface area contributed by atoms with Crippen molar-refractivity contribution in [1.82, 2.24) is 0 Å². The Morgan fingerprint density at radius 3 is 2.27 bits per heavy atom. The number of aromatic hydroxyl groups is 2. The maximum Gasteiger partial charge on any atom is 0.124 e. The molecule has 2 nitrogen and oxygen atoms in total. The van der Waals surface area contributed by atoms with Crippen molar-refractivity contribution in [2.75, 3.05) is 0 Å². The van der Waals surface area contributed by atoms with Crippen molar-refractivity contribution in [3.63, 3.8) is 0 Å². The number of fused-ring (bicyclic) bond motifs is 1. The van der Waals surface area contributed by atoms with E-state index in [4.69, 9.17) is 0 Å². The molecule has 0 aliphatic carbocycles. The van der Waals surface area contributed by atoms with Crippen LogP contribution in [0.25, 0.3) is 28.0 Å². The van der Waals surface area contributed by atoms with Crippen molar-refractivity contribution in [2.24, 2.45) is 0 Å². The molecule has 0 bridgehead atoms. The molecule has 2 N–H and O–H groups in total. The Hall–Kier alpha value is -2.74. The fourth-order valence-electron chi connectivity index (χ4n) is 2.88. The molecule has 0 radical (unpaired) electrons. The molecule has 0 amide bonds. The van der Waals surface area contributed by atoms with Crippen molar-refractivity contribution in [1.29, 1.82) is 0 Å². The van der Waals surface area contributed by atoms with Gasteiger partial charge >= 0.3 is 0 Å². The Kier molecular flexibility index (Phi) is 3.60. The SMILES string of the molecule is C/C=C\c1c(C)ccc(O)c1-c1c(O)ccc2ccccc12. The van der Waals surface area contributed by atoms with Crippen LogP contribution in [0.5, 0.6) is 11.5 Å². The molecule has 3 aromatic rings.